The molecule has 37 heavy (non-hydrogen) atoms. The van der Waals surface area contributed by atoms with Crippen LogP contribution in [0, 0.1) is 0 Å². The number of nitrogen functional groups attached to an aromatic ring is 1. The lowest BCUT2D eigenvalue weighted by Crippen LogP contribution is -2.40. The molecule has 0 spiro atoms. The molecular formula is C18H29BBrN7O9P+. The summed E-state index contributed by atoms with van der Waals surface area (Å²) in [6.07, 6.45) is -3.86. The Morgan fingerprint density at radius 2 is 2.00 bits per heavy atom. The number of carbonyl (C=O) groups is 1. The van der Waals surface area contributed by atoms with Gasteiger partial charge < -0.3 is 35.7 Å². The number of fused-ring (bicyclic) bond motifs is 1. The maximum Gasteiger partial charge on any atom is 0.488 e. The molecule has 4 atom stereocenters. The number of carbonyl (C=O) groups excluding carboxylic acids is 1. The standard InChI is InChI=1S/C18H29BBrN7O9P/c1-10-8-33-37(19,30)34-9-11(36-18(29)23-3-5-32-7-6-31-4-2-21)15(35-10)27-13-12(24-16(27)20)14(28)26-17(22)25-13/h10-11,15,30H,2-9,21H2,1H3,(H,23,29)(H3,22,25,26,28)/q+1/t10-,11-,15+,37?/m0/s1. The Labute approximate surface area is 221 Å². The molecule has 3 heterocycles. The largest absolute Gasteiger partial charge is 0.488 e. The van der Waals surface area contributed by atoms with E-state index >= 15 is 0 Å². The van der Waals surface area contributed by atoms with Crippen LogP contribution in [0.25, 0.3) is 11.2 Å². The summed E-state index contributed by atoms with van der Waals surface area (Å²) in [5.41, 5.74) is 10.5. The van der Waals surface area contributed by atoms with E-state index in [4.69, 9.17) is 47.0 Å². The van der Waals surface area contributed by atoms with E-state index < -0.39 is 44.5 Å². The van der Waals surface area contributed by atoms with Gasteiger partial charge in [0.25, 0.3) is 5.56 Å². The van der Waals surface area contributed by atoms with Gasteiger partial charge >= 0.3 is 21.5 Å². The van der Waals surface area contributed by atoms with Gasteiger partial charge in [0.05, 0.1) is 32.5 Å². The van der Waals surface area contributed by atoms with Gasteiger partial charge in [-0.2, -0.15) is 14.0 Å². The summed E-state index contributed by atoms with van der Waals surface area (Å²) in [7, 11) is 1.99. The first-order valence-corrected chi connectivity index (χ1v) is 13.6. The Hall–Kier alpha value is -1.89. The lowest BCUT2D eigenvalue weighted by Gasteiger charge is -2.29. The number of amides is 1. The van der Waals surface area contributed by atoms with Gasteiger partial charge in [0.2, 0.25) is 5.95 Å². The predicted octanol–water partition coefficient (Wildman–Crippen LogP) is -0.660. The van der Waals surface area contributed by atoms with Crippen molar-refractivity contribution < 1.29 is 37.7 Å². The van der Waals surface area contributed by atoms with Crippen molar-refractivity contribution in [3.8, 4) is 0 Å². The molecule has 16 nitrogen and oxygen atoms in total. The molecule has 3 rings (SSSR count). The summed E-state index contributed by atoms with van der Waals surface area (Å²) in [5, 5.41) is 2.55. The smallest absolute Gasteiger partial charge is 0.439 e. The van der Waals surface area contributed by atoms with E-state index in [0.717, 1.165) is 0 Å². The molecule has 1 fully saturated rings. The maximum atomic E-state index is 12.6. The second-order valence-electron chi connectivity index (χ2n) is 7.75. The minimum absolute atomic E-state index is 0.0343. The average molecular weight is 609 g/mol. The highest BCUT2D eigenvalue weighted by Crippen LogP contribution is 2.53. The molecule has 1 amide bonds. The number of alkyl carbamates (subject to hydrolysis) is 1. The Morgan fingerprint density at radius 3 is 2.73 bits per heavy atom. The summed E-state index contributed by atoms with van der Waals surface area (Å²) in [6, 6.07) is 0. The van der Waals surface area contributed by atoms with Crippen molar-refractivity contribution in [3.05, 3.63) is 15.1 Å². The number of aromatic nitrogens is 4. The van der Waals surface area contributed by atoms with Crippen molar-refractivity contribution in [1.29, 1.82) is 0 Å². The minimum atomic E-state index is -3.73. The van der Waals surface area contributed by atoms with Gasteiger partial charge in [-0.1, -0.05) is 0 Å². The molecule has 19 heteroatoms. The Bertz CT molecular complexity index is 1110. The van der Waals surface area contributed by atoms with Crippen LogP contribution in [0.15, 0.2) is 9.53 Å². The van der Waals surface area contributed by atoms with E-state index in [1.165, 1.54) is 4.57 Å². The number of H-pyrrole nitrogens is 1. The fourth-order valence-corrected chi connectivity index (χ4v) is 4.61. The van der Waals surface area contributed by atoms with Crippen molar-refractivity contribution in [3.63, 3.8) is 0 Å². The monoisotopic (exact) mass is 608 g/mol. The van der Waals surface area contributed by atoms with Gasteiger partial charge in [-0.25, -0.2) is 14.7 Å². The highest BCUT2D eigenvalue weighted by molar-refractivity contribution is 9.10. The normalized spacial score (nSPS) is 24.8. The topological polar surface area (TPSA) is 220 Å². The van der Waals surface area contributed by atoms with Crippen LogP contribution in [-0.2, 0) is 28.0 Å². The molecule has 1 unspecified atom stereocenters. The summed E-state index contributed by atoms with van der Waals surface area (Å²) in [6.45, 7) is 2.97. The zero-order valence-corrected chi connectivity index (χ0v) is 22.5. The molecular weight excluding hydrogens is 580 g/mol. The lowest BCUT2D eigenvalue weighted by atomic mass is 10.3. The number of nitrogens with one attached hydrogen (secondary N) is 2. The molecule has 204 valence electrons. The number of rotatable bonds is 10. The Kier molecular flexibility index (Phi) is 11.0. The number of hydrogen-bond donors (Lipinski definition) is 5. The number of nitrogens with zero attached hydrogens (tertiary/aromatic N) is 3. The molecule has 1 aliphatic rings. The predicted molar refractivity (Wildman–Crippen MR) is 136 cm³/mol. The fourth-order valence-electron chi connectivity index (χ4n) is 3.21. The zero-order valence-electron chi connectivity index (χ0n) is 20.0. The Balaban J connectivity index is 1.78. The molecule has 0 saturated carbocycles. The van der Waals surface area contributed by atoms with Crippen molar-refractivity contribution in [2.75, 3.05) is 58.5 Å². The maximum absolute atomic E-state index is 12.6. The van der Waals surface area contributed by atoms with Crippen LogP contribution in [0.2, 0.25) is 0 Å². The zero-order chi connectivity index (χ0) is 27.0. The third-order valence-corrected chi connectivity index (χ3v) is 6.39. The van der Waals surface area contributed by atoms with Crippen LogP contribution in [0.3, 0.4) is 0 Å². The number of anilines is 1. The summed E-state index contributed by atoms with van der Waals surface area (Å²) in [4.78, 5) is 45.9. The fraction of sp³-hybridized carbons (Fsp3) is 0.667. The first-order valence-electron chi connectivity index (χ1n) is 11.2. The third-order valence-electron chi connectivity index (χ3n) is 4.80. The van der Waals surface area contributed by atoms with E-state index in [1.807, 2.05) is 0 Å². The molecule has 7 N–H and O–H groups in total. The number of nitrogens with two attached hydrogens (primary N) is 2. The van der Waals surface area contributed by atoms with Gasteiger partial charge in [0.15, 0.2) is 28.2 Å². The minimum Gasteiger partial charge on any atom is -0.439 e. The summed E-state index contributed by atoms with van der Waals surface area (Å²) < 4.78 is 34.3. The van der Waals surface area contributed by atoms with Crippen molar-refractivity contribution in [1.82, 2.24) is 24.8 Å². The van der Waals surface area contributed by atoms with Crippen LogP contribution in [0.4, 0.5) is 10.7 Å². The number of aromatic amines is 1. The van der Waals surface area contributed by atoms with E-state index in [9.17, 15) is 14.5 Å². The highest BCUT2D eigenvalue weighted by Gasteiger charge is 2.42. The van der Waals surface area contributed by atoms with Crippen LogP contribution >= 0.6 is 23.8 Å². The van der Waals surface area contributed by atoms with E-state index in [2.05, 4.69) is 36.2 Å². The summed E-state index contributed by atoms with van der Waals surface area (Å²) >= 11 is 3.30. The summed E-state index contributed by atoms with van der Waals surface area (Å²) in [5.74, 6) is -0.159. The van der Waals surface area contributed by atoms with E-state index in [1.54, 1.807) is 6.92 Å². The molecule has 1 saturated heterocycles. The highest BCUT2D eigenvalue weighted by atomic mass is 79.9. The number of imidazole rings is 1. The van der Waals surface area contributed by atoms with Gasteiger partial charge in [0.1, 0.15) is 13.2 Å². The van der Waals surface area contributed by atoms with Gasteiger partial charge in [0, 0.05) is 13.1 Å². The lowest BCUT2D eigenvalue weighted by molar-refractivity contribution is -0.123. The molecule has 0 aromatic carbocycles. The van der Waals surface area contributed by atoms with E-state index in [-0.39, 0.29) is 41.6 Å². The quantitative estimate of drug-likeness (QED) is 0.0979. The second-order valence-corrected chi connectivity index (χ2v) is 10.1. The number of ether oxygens (including phenoxy) is 4. The molecule has 2 aromatic heterocycles. The van der Waals surface area contributed by atoms with E-state index in [0.29, 0.717) is 26.4 Å². The van der Waals surface area contributed by atoms with Crippen molar-refractivity contribution in [2.45, 2.75) is 25.4 Å². The Morgan fingerprint density at radius 1 is 1.30 bits per heavy atom. The first-order chi connectivity index (χ1) is 17.6. The first kappa shape index (κ1) is 29.7. The average Bonchev–Trinajstić information content (AvgIpc) is 3.18. The molecule has 0 bridgehead atoms. The van der Waals surface area contributed by atoms with Crippen molar-refractivity contribution in [2.24, 2.45) is 5.73 Å². The van der Waals surface area contributed by atoms with Gasteiger partial charge in [-0.05, 0) is 22.9 Å². The SMILES string of the molecule is [B][P+]1(O)OC[C@H](OC(=O)NCCOCCOCCN)[C@H](n2c(Br)nc3c(=O)[nH]c(N)nc32)O[C@@H](C)CO1. The van der Waals surface area contributed by atoms with Crippen molar-refractivity contribution >= 4 is 54.5 Å². The number of halogens is 1. The molecule has 2 aromatic rings. The molecule has 1 aliphatic heterocycles. The van der Waals surface area contributed by atoms with Gasteiger partial charge in [-0.15, -0.1) is 0 Å². The second kappa shape index (κ2) is 13.8. The van der Waals surface area contributed by atoms with Gasteiger partial charge in [-0.3, -0.25) is 14.3 Å². The number of hydrogen-bond acceptors (Lipinski definition) is 13. The molecule has 2 radical (unpaired) electrons. The van der Waals surface area contributed by atoms with Crippen LogP contribution in [0.1, 0.15) is 13.2 Å². The van der Waals surface area contributed by atoms with Crippen LogP contribution in [0.5, 0.6) is 0 Å². The molecule has 0 aliphatic carbocycles. The van der Waals surface area contributed by atoms with Crippen LogP contribution in [-0.4, -0.2) is 103 Å². The van der Waals surface area contributed by atoms with Crippen LogP contribution < -0.4 is 22.3 Å². The third kappa shape index (κ3) is 8.56.